The molecule has 0 N–H and O–H groups in total. The monoisotopic (exact) mass is 478 g/mol. The summed E-state index contributed by atoms with van der Waals surface area (Å²) in [6.45, 7) is 6.45. The van der Waals surface area contributed by atoms with Crippen molar-refractivity contribution in [3.05, 3.63) is 69.1 Å². The van der Waals surface area contributed by atoms with Crippen molar-refractivity contribution in [2.24, 2.45) is 0 Å². The second-order valence-corrected chi connectivity index (χ2v) is 8.99. The highest BCUT2D eigenvalue weighted by atomic mass is 16.5. The van der Waals surface area contributed by atoms with E-state index in [1.807, 2.05) is 25.1 Å². The smallest absolute Gasteiger partial charge is 0.290 e. The summed E-state index contributed by atoms with van der Waals surface area (Å²) in [5.74, 6) is 1.03. The first-order chi connectivity index (χ1) is 17.0. The number of nitrogens with zero attached hydrogens (tertiary/aromatic N) is 2. The Labute approximate surface area is 204 Å². The van der Waals surface area contributed by atoms with Crippen molar-refractivity contribution in [1.29, 1.82) is 0 Å². The summed E-state index contributed by atoms with van der Waals surface area (Å²) in [6.07, 6.45) is 0.759. The van der Waals surface area contributed by atoms with Crippen molar-refractivity contribution in [3.8, 4) is 11.5 Å². The van der Waals surface area contributed by atoms with Crippen LogP contribution in [0.5, 0.6) is 11.5 Å². The number of morpholine rings is 1. The van der Waals surface area contributed by atoms with Crippen LogP contribution in [0.3, 0.4) is 0 Å². The van der Waals surface area contributed by atoms with Gasteiger partial charge in [-0.15, -0.1) is 0 Å². The van der Waals surface area contributed by atoms with Crippen molar-refractivity contribution >= 4 is 16.9 Å². The zero-order valence-electron chi connectivity index (χ0n) is 20.3. The standard InChI is InChI=1S/C27H30N2O6/c1-17-5-7-22-20(15-17)25(30)23-24(19-16-18(32-2)6-8-21(19)33-3)29(27(31)26(23)35-22)10-4-9-28-11-13-34-14-12-28/h5-8,15-16,24H,4,9-14H2,1-3H3. The lowest BCUT2D eigenvalue weighted by Crippen LogP contribution is -2.39. The summed E-state index contributed by atoms with van der Waals surface area (Å²) in [6, 6.07) is 10.2. The third kappa shape index (κ3) is 4.28. The molecular formula is C27H30N2O6. The molecule has 0 bridgehead atoms. The Bertz CT molecular complexity index is 1310. The number of amides is 1. The molecule has 184 valence electrons. The summed E-state index contributed by atoms with van der Waals surface area (Å²) in [5, 5.41) is 0.471. The Morgan fingerprint density at radius 3 is 2.54 bits per heavy atom. The molecule has 0 saturated carbocycles. The maximum atomic E-state index is 13.8. The third-order valence-electron chi connectivity index (χ3n) is 6.83. The van der Waals surface area contributed by atoms with Crippen LogP contribution in [0, 0.1) is 6.92 Å². The van der Waals surface area contributed by atoms with E-state index < -0.39 is 6.04 Å². The first-order valence-electron chi connectivity index (χ1n) is 11.9. The van der Waals surface area contributed by atoms with Gasteiger partial charge in [0.1, 0.15) is 17.1 Å². The molecule has 2 aliphatic heterocycles. The molecule has 0 aliphatic carbocycles. The van der Waals surface area contributed by atoms with Crippen LogP contribution < -0.4 is 14.9 Å². The minimum atomic E-state index is -0.631. The van der Waals surface area contributed by atoms with E-state index in [9.17, 15) is 9.59 Å². The molecule has 1 fully saturated rings. The lowest BCUT2D eigenvalue weighted by Gasteiger charge is -2.29. The second kappa shape index (κ2) is 9.71. The molecule has 1 unspecified atom stereocenters. The van der Waals surface area contributed by atoms with Gasteiger partial charge in [0.25, 0.3) is 5.91 Å². The number of ether oxygens (including phenoxy) is 3. The van der Waals surface area contributed by atoms with E-state index >= 15 is 0 Å². The fraction of sp³-hybridized carbons (Fsp3) is 0.407. The number of benzene rings is 2. The number of aryl methyl sites for hydroxylation is 1. The lowest BCUT2D eigenvalue weighted by atomic mass is 9.97. The zero-order chi connectivity index (χ0) is 24.5. The number of fused-ring (bicyclic) bond motifs is 2. The molecule has 1 atom stereocenters. The van der Waals surface area contributed by atoms with Gasteiger partial charge < -0.3 is 23.5 Å². The maximum absolute atomic E-state index is 13.8. The average molecular weight is 479 g/mol. The molecule has 2 aliphatic rings. The van der Waals surface area contributed by atoms with Crippen LogP contribution in [0.15, 0.2) is 45.6 Å². The summed E-state index contributed by atoms with van der Waals surface area (Å²) < 4.78 is 22.6. The van der Waals surface area contributed by atoms with Crippen molar-refractivity contribution in [3.63, 3.8) is 0 Å². The summed E-state index contributed by atoms with van der Waals surface area (Å²) in [4.78, 5) is 31.5. The molecular weight excluding hydrogens is 448 g/mol. The molecule has 35 heavy (non-hydrogen) atoms. The van der Waals surface area contributed by atoms with Gasteiger partial charge in [0, 0.05) is 31.7 Å². The Balaban J connectivity index is 1.60. The predicted molar refractivity (Wildman–Crippen MR) is 132 cm³/mol. The molecule has 3 aromatic rings. The van der Waals surface area contributed by atoms with Gasteiger partial charge in [-0.1, -0.05) is 11.6 Å². The number of methoxy groups -OCH3 is 2. The van der Waals surface area contributed by atoms with Crippen LogP contribution in [0.2, 0.25) is 0 Å². The number of carbonyl (C=O) groups is 1. The molecule has 8 heteroatoms. The van der Waals surface area contributed by atoms with E-state index in [1.54, 1.807) is 37.3 Å². The van der Waals surface area contributed by atoms with E-state index in [1.165, 1.54) is 0 Å². The zero-order valence-corrected chi connectivity index (χ0v) is 20.3. The molecule has 3 heterocycles. The summed E-state index contributed by atoms with van der Waals surface area (Å²) in [7, 11) is 3.17. The van der Waals surface area contributed by atoms with Gasteiger partial charge in [0.05, 0.1) is 44.4 Å². The molecule has 1 aromatic heterocycles. The number of carbonyl (C=O) groups excluding carboxylic acids is 1. The van der Waals surface area contributed by atoms with Gasteiger partial charge >= 0.3 is 0 Å². The van der Waals surface area contributed by atoms with E-state index in [-0.39, 0.29) is 17.1 Å². The van der Waals surface area contributed by atoms with Crippen LogP contribution in [0.1, 0.15) is 39.7 Å². The van der Waals surface area contributed by atoms with Crippen LogP contribution in [0.4, 0.5) is 0 Å². The van der Waals surface area contributed by atoms with Gasteiger partial charge in [0.2, 0.25) is 5.76 Å². The maximum Gasteiger partial charge on any atom is 0.290 e. The van der Waals surface area contributed by atoms with E-state index in [2.05, 4.69) is 4.90 Å². The van der Waals surface area contributed by atoms with E-state index in [0.717, 1.165) is 44.8 Å². The third-order valence-corrected chi connectivity index (χ3v) is 6.83. The van der Waals surface area contributed by atoms with Gasteiger partial charge in [-0.05, 0) is 43.7 Å². The topological polar surface area (TPSA) is 81.5 Å². The predicted octanol–water partition coefficient (Wildman–Crippen LogP) is 3.39. The molecule has 0 spiro atoms. The van der Waals surface area contributed by atoms with Crippen molar-refractivity contribution < 1.29 is 23.4 Å². The number of hydrogen-bond donors (Lipinski definition) is 0. The summed E-state index contributed by atoms with van der Waals surface area (Å²) in [5.41, 5.74) is 2.23. The van der Waals surface area contributed by atoms with Crippen LogP contribution in [0.25, 0.3) is 11.0 Å². The second-order valence-electron chi connectivity index (χ2n) is 8.99. The fourth-order valence-electron chi connectivity index (χ4n) is 5.03. The van der Waals surface area contributed by atoms with Gasteiger partial charge in [-0.2, -0.15) is 0 Å². The Hall–Kier alpha value is -3.36. The molecule has 1 amide bonds. The normalized spacial score (nSPS) is 18.2. The molecule has 1 saturated heterocycles. The fourth-order valence-corrected chi connectivity index (χ4v) is 5.03. The number of hydrogen-bond acceptors (Lipinski definition) is 7. The molecule has 8 nitrogen and oxygen atoms in total. The summed E-state index contributed by atoms with van der Waals surface area (Å²) >= 11 is 0. The van der Waals surface area contributed by atoms with Crippen LogP contribution >= 0.6 is 0 Å². The highest BCUT2D eigenvalue weighted by Gasteiger charge is 2.43. The van der Waals surface area contributed by atoms with Gasteiger partial charge in [0.15, 0.2) is 5.43 Å². The Kier molecular flexibility index (Phi) is 6.49. The number of rotatable bonds is 7. The van der Waals surface area contributed by atoms with Crippen molar-refractivity contribution in [2.45, 2.75) is 19.4 Å². The Morgan fingerprint density at radius 2 is 1.80 bits per heavy atom. The minimum Gasteiger partial charge on any atom is -0.497 e. The first-order valence-corrected chi connectivity index (χ1v) is 11.9. The van der Waals surface area contributed by atoms with Gasteiger partial charge in [-0.3, -0.25) is 14.5 Å². The van der Waals surface area contributed by atoms with Gasteiger partial charge in [-0.25, -0.2) is 0 Å². The largest absolute Gasteiger partial charge is 0.497 e. The van der Waals surface area contributed by atoms with Crippen LogP contribution in [-0.4, -0.2) is 69.3 Å². The average Bonchev–Trinajstić information content (AvgIpc) is 3.16. The highest BCUT2D eigenvalue weighted by Crippen LogP contribution is 2.42. The quantitative estimate of drug-likeness (QED) is 0.515. The SMILES string of the molecule is COc1ccc(OC)c(C2c3c(oc4ccc(C)cc4c3=O)C(=O)N2CCCN2CCOCC2)c1. The molecule has 2 aromatic carbocycles. The van der Waals surface area contributed by atoms with E-state index in [0.29, 0.717) is 40.1 Å². The van der Waals surface area contributed by atoms with Crippen molar-refractivity contribution in [1.82, 2.24) is 9.80 Å². The van der Waals surface area contributed by atoms with Crippen LogP contribution in [-0.2, 0) is 4.74 Å². The Morgan fingerprint density at radius 1 is 1.00 bits per heavy atom. The van der Waals surface area contributed by atoms with Crippen molar-refractivity contribution in [2.75, 3.05) is 53.6 Å². The van der Waals surface area contributed by atoms with E-state index in [4.69, 9.17) is 18.6 Å². The first kappa shape index (κ1) is 23.4. The molecule has 0 radical (unpaired) electrons. The lowest BCUT2D eigenvalue weighted by molar-refractivity contribution is 0.0353. The molecule has 5 rings (SSSR count). The highest BCUT2D eigenvalue weighted by molar-refractivity contribution is 5.99. The minimum absolute atomic E-state index is 0.104.